The summed E-state index contributed by atoms with van der Waals surface area (Å²) in [4.78, 5) is 11.9. The van der Waals surface area contributed by atoms with E-state index in [0.717, 1.165) is 5.56 Å². The molecule has 3 aromatic carbocycles. The van der Waals surface area contributed by atoms with Gasteiger partial charge in [-0.05, 0) is 66.2 Å². The predicted molar refractivity (Wildman–Crippen MR) is 115 cm³/mol. The van der Waals surface area contributed by atoms with Crippen LogP contribution in [0.4, 0.5) is 0 Å². The number of carbonyl (C=O) groups is 1. The van der Waals surface area contributed by atoms with E-state index < -0.39 is 0 Å². The van der Waals surface area contributed by atoms with Gasteiger partial charge in [-0.1, -0.05) is 34.8 Å². The maximum Gasteiger partial charge on any atom is 0.271 e. The maximum absolute atomic E-state index is 11.9. The molecule has 0 radical (unpaired) electrons. The third-order valence-electron chi connectivity index (χ3n) is 3.91. The van der Waals surface area contributed by atoms with Crippen LogP contribution in [0.2, 0.25) is 15.1 Å². The average molecular weight is 450 g/mol. The molecule has 3 aromatic rings. The number of aromatic hydroxyl groups is 1. The summed E-state index contributed by atoms with van der Waals surface area (Å²) in [7, 11) is 0. The molecule has 29 heavy (non-hydrogen) atoms. The molecule has 0 bridgehead atoms. The molecule has 0 fully saturated rings. The van der Waals surface area contributed by atoms with Crippen LogP contribution in [0, 0.1) is 0 Å². The van der Waals surface area contributed by atoms with Crippen molar-refractivity contribution < 1.29 is 14.6 Å². The normalized spacial score (nSPS) is 10.9. The number of phenolic OH excluding ortho intramolecular Hbond substituents is 1. The number of carbonyl (C=O) groups excluding carboxylic acids is 1. The molecule has 0 saturated heterocycles. The smallest absolute Gasteiger partial charge is 0.271 e. The van der Waals surface area contributed by atoms with E-state index in [-0.39, 0.29) is 18.3 Å². The lowest BCUT2D eigenvalue weighted by Crippen LogP contribution is -2.17. The number of hydrogen-bond acceptors (Lipinski definition) is 4. The van der Waals surface area contributed by atoms with Crippen molar-refractivity contribution in [3.05, 3.63) is 92.4 Å². The number of rotatable bonds is 6. The van der Waals surface area contributed by atoms with Crippen molar-refractivity contribution in [3.63, 3.8) is 0 Å². The number of hydrogen-bond donors (Lipinski definition) is 2. The minimum Gasteiger partial charge on any atom is -0.508 e. The van der Waals surface area contributed by atoms with Gasteiger partial charge >= 0.3 is 0 Å². The molecule has 2 N–H and O–H groups in total. The highest BCUT2D eigenvalue weighted by Crippen LogP contribution is 2.32. The molecule has 0 aliphatic heterocycles. The molecule has 0 unspecified atom stereocenters. The van der Waals surface area contributed by atoms with Crippen LogP contribution in [0.5, 0.6) is 11.5 Å². The molecule has 0 aliphatic rings. The number of hydrazone groups is 1. The van der Waals surface area contributed by atoms with Crippen LogP contribution >= 0.6 is 34.8 Å². The van der Waals surface area contributed by atoms with Gasteiger partial charge in [0.1, 0.15) is 18.1 Å². The molecular weight excluding hydrogens is 435 g/mol. The summed E-state index contributed by atoms with van der Waals surface area (Å²) in [5, 5.41) is 14.4. The van der Waals surface area contributed by atoms with Crippen molar-refractivity contribution in [2.45, 2.75) is 6.61 Å². The first kappa shape index (κ1) is 21.0. The zero-order chi connectivity index (χ0) is 20.8. The minimum atomic E-state index is -0.378. The fraction of sp³-hybridized carbons (Fsp3) is 0.0476. The highest BCUT2D eigenvalue weighted by Gasteiger charge is 2.10. The SMILES string of the molecule is O=C(N/N=C/c1ccc(OCc2c(Cl)ccc(Cl)c2Cl)cc1)c1ccc(O)cc1. The van der Waals surface area contributed by atoms with E-state index in [2.05, 4.69) is 10.5 Å². The van der Waals surface area contributed by atoms with Crippen LogP contribution in [0.3, 0.4) is 0 Å². The van der Waals surface area contributed by atoms with Crippen molar-refractivity contribution in [1.29, 1.82) is 0 Å². The lowest BCUT2D eigenvalue weighted by Gasteiger charge is -2.10. The van der Waals surface area contributed by atoms with E-state index in [0.29, 0.717) is 31.9 Å². The quantitative estimate of drug-likeness (QED) is 0.288. The lowest BCUT2D eigenvalue weighted by atomic mass is 10.2. The van der Waals surface area contributed by atoms with Crippen LogP contribution < -0.4 is 10.2 Å². The number of ether oxygens (including phenoxy) is 1. The number of nitrogens with zero attached hydrogens (tertiary/aromatic N) is 1. The molecule has 148 valence electrons. The Labute approximate surface area is 182 Å². The Hall–Kier alpha value is -2.73. The van der Waals surface area contributed by atoms with Crippen molar-refractivity contribution in [1.82, 2.24) is 5.43 Å². The van der Waals surface area contributed by atoms with Gasteiger partial charge < -0.3 is 9.84 Å². The van der Waals surface area contributed by atoms with Gasteiger partial charge in [0, 0.05) is 16.1 Å². The number of amides is 1. The highest BCUT2D eigenvalue weighted by molar-refractivity contribution is 6.44. The number of benzene rings is 3. The molecule has 0 atom stereocenters. The van der Waals surface area contributed by atoms with Crippen molar-refractivity contribution >= 4 is 46.9 Å². The van der Waals surface area contributed by atoms with Crippen molar-refractivity contribution in [3.8, 4) is 11.5 Å². The summed E-state index contributed by atoms with van der Waals surface area (Å²) in [6.45, 7) is 0.175. The Kier molecular flexibility index (Phi) is 6.99. The summed E-state index contributed by atoms with van der Waals surface area (Å²) < 4.78 is 5.71. The first-order valence-corrected chi connectivity index (χ1v) is 9.55. The third kappa shape index (κ3) is 5.64. The van der Waals surface area contributed by atoms with Gasteiger partial charge in [0.25, 0.3) is 5.91 Å². The molecule has 0 saturated carbocycles. The summed E-state index contributed by atoms with van der Waals surface area (Å²) in [6, 6.07) is 16.3. The van der Waals surface area contributed by atoms with Gasteiger partial charge in [0.15, 0.2) is 0 Å². The molecule has 1 amide bonds. The lowest BCUT2D eigenvalue weighted by molar-refractivity contribution is 0.0955. The van der Waals surface area contributed by atoms with Gasteiger partial charge in [0.05, 0.1) is 16.3 Å². The van der Waals surface area contributed by atoms with E-state index in [1.54, 1.807) is 36.4 Å². The maximum atomic E-state index is 11.9. The molecule has 0 spiro atoms. The summed E-state index contributed by atoms with van der Waals surface area (Å²) >= 11 is 18.3. The van der Waals surface area contributed by atoms with Gasteiger partial charge in [-0.15, -0.1) is 0 Å². The van der Waals surface area contributed by atoms with Gasteiger partial charge in [-0.3, -0.25) is 4.79 Å². The third-order valence-corrected chi connectivity index (χ3v) is 5.11. The minimum absolute atomic E-state index is 0.0901. The van der Waals surface area contributed by atoms with E-state index >= 15 is 0 Å². The van der Waals surface area contributed by atoms with Crippen molar-refractivity contribution in [2.24, 2.45) is 5.10 Å². The van der Waals surface area contributed by atoms with Crippen LogP contribution in [0.15, 0.2) is 65.8 Å². The Balaban J connectivity index is 1.56. The molecule has 8 heteroatoms. The summed E-state index contributed by atoms with van der Waals surface area (Å²) in [5.74, 6) is 0.325. The Bertz CT molecular complexity index is 1040. The number of nitrogens with one attached hydrogen (secondary N) is 1. The van der Waals surface area contributed by atoms with Gasteiger partial charge in [-0.25, -0.2) is 5.43 Å². The monoisotopic (exact) mass is 448 g/mol. The summed E-state index contributed by atoms with van der Waals surface area (Å²) in [5.41, 5.74) is 4.19. The fourth-order valence-corrected chi connectivity index (χ4v) is 3.01. The first-order chi connectivity index (χ1) is 13.9. The van der Waals surface area contributed by atoms with Crippen LogP contribution in [0.1, 0.15) is 21.5 Å². The van der Waals surface area contributed by atoms with Crippen LogP contribution in [-0.4, -0.2) is 17.2 Å². The van der Waals surface area contributed by atoms with Crippen LogP contribution in [0.25, 0.3) is 0 Å². The zero-order valence-electron chi connectivity index (χ0n) is 14.9. The predicted octanol–water partition coefficient (Wildman–Crippen LogP) is 5.70. The van der Waals surface area contributed by atoms with Crippen LogP contribution in [-0.2, 0) is 6.61 Å². The Morgan fingerprint density at radius 1 is 0.966 bits per heavy atom. The zero-order valence-corrected chi connectivity index (χ0v) is 17.2. The van der Waals surface area contributed by atoms with Gasteiger partial charge in [-0.2, -0.15) is 5.10 Å². The number of halogens is 3. The highest BCUT2D eigenvalue weighted by atomic mass is 35.5. The van der Waals surface area contributed by atoms with Crippen molar-refractivity contribution in [2.75, 3.05) is 0 Å². The largest absolute Gasteiger partial charge is 0.508 e. The topological polar surface area (TPSA) is 70.9 Å². The fourth-order valence-electron chi connectivity index (χ4n) is 2.35. The van der Waals surface area contributed by atoms with Gasteiger partial charge in [0.2, 0.25) is 0 Å². The molecule has 0 aliphatic carbocycles. The molecule has 5 nitrogen and oxygen atoms in total. The molecule has 0 heterocycles. The van der Waals surface area contributed by atoms with E-state index in [9.17, 15) is 9.90 Å². The van der Waals surface area contributed by atoms with E-state index in [1.165, 1.54) is 30.5 Å². The Morgan fingerprint density at radius 3 is 2.31 bits per heavy atom. The molecule has 3 rings (SSSR count). The Morgan fingerprint density at radius 2 is 1.62 bits per heavy atom. The second-order valence-corrected chi connectivity index (χ2v) is 7.12. The second kappa shape index (κ2) is 9.65. The standard InChI is InChI=1S/C21H15Cl3N2O3/c22-18-9-10-19(23)20(24)17(18)12-29-16-7-1-13(2-8-16)11-25-26-21(28)14-3-5-15(27)6-4-14/h1-11,27H,12H2,(H,26,28)/b25-11+. The first-order valence-electron chi connectivity index (χ1n) is 8.41. The van der Waals surface area contributed by atoms with E-state index in [4.69, 9.17) is 39.5 Å². The van der Waals surface area contributed by atoms with E-state index in [1.807, 2.05) is 0 Å². The molecule has 0 aromatic heterocycles. The summed E-state index contributed by atoms with van der Waals surface area (Å²) in [6.07, 6.45) is 1.51. The average Bonchev–Trinajstić information content (AvgIpc) is 2.72. The second-order valence-electron chi connectivity index (χ2n) is 5.93. The number of phenols is 1. The molecular formula is C21H15Cl3N2O3.